The molecule has 0 spiro atoms. The Morgan fingerprint density at radius 2 is 2.03 bits per heavy atom. The summed E-state index contributed by atoms with van der Waals surface area (Å²) in [6.45, 7) is 5.19. The maximum absolute atomic E-state index is 13.0. The van der Waals surface area contributed by atoms with Gasteiger partial charge < -0.3 is 9.64 Å². The van der Waals surface area contributed by atoms with E-state index in [1.165, 1.54) is 0 Å². The Bertz CT molecular complexity index is 1050. The minimum atomic E-state index is 0.0575. The van der Waals surface area contributed by atoms with Crippen LogP contribution >= 0.6 is 0 Å². The molecule has 1 saturated heterocycles. The highest BCUT2D eigenvalue weighted by Gasteiger charge is 2.28. The number of aromatic nitrogens is 4. The molecule has 1 fully saturated rings. The number of carbonyl (C=O) groups excluding carboxylic acids is 1. The van der Waals surface area contributed by atoms with Gasteiger partial charge in [-0.05, 0) is 43.0 Å². The van der Waals surface area contributed by atoms with Crippen molar-refractivity contribution >= 4 is 17.1 Å². The van der Waals surface area contributed by atoms with Gasteiger partial charge in [-0.2, -0.15) is 5.10 Å². The summed E-state index contributed by atoms with van der Waals surface area (Å²) in [6.07, 6.45) is 7.60. The fraction of sp³-hybridized carbons (Fsp3) is 0.364. The van der Waals surface area contributed by atoms with Gasteiger partial charge in [0, 0.05) is 44.0 Å². The van der Waals surface area contributed by atoms with Crippen LogP contribution in [0.1, 0.15) is 40.4 Å². The average Bonchev–Trinajstić information content (AvgIpc) is 3.10. The van der Waals surface area contributed by atoms with E-state index in [0.29, 0.717) is 25.1 Å². The first-order valence-corrected chi connectivity index (χ1v) is 9.83. The van der Waals surface area contributed by atoms with Crippen molar-refractivity contribution in [3.05, 3.63) is 60.1 Å². The van der Waals surface area contributed by atoms with Crippen LogP contribution in [0, 0.1) is 0 Å². The normalized spacial score (nSPS) is 14.9. The number of hydrogen-bond donors (Lipinski definition) is 0. The highest BCUT2D eigenvalue weighted by molar-refractivity contribution is 5.94. The van der Waals surface area contributed by atoms with Gasteiger partial charge in [0.15, 0.2) is 5.65 Å². The van der Waals surface area contributed by atoms with Crippen molar-refractivity contribution in [3.63, 3.8) is 0 Å². The number of piperidine rings is 1. The molecule has 1 aliphatic rings. The molecule has 29 heavy (non-hydrogen) atoms. The molecule has 0 N–H and O–H groups in total. The third kappa shape index (κ3) is 3.60. The van der Waals surface area contributed by atoms with Gasteiger partial charge in [0.25, 0.3) is 5.91 Å². The molecule has 0 radical (unpaired) electrons. The van der Waals surface area contributed by atoms with E-state index in [0.717, 1.165) is 41.0 Å². The summed E-state index contributed by atoms with van der Waals surface area (Å²) in [7, 11) is 3.53. The SMILES string of the molecule is C=CCc1cc(C(=O)N2CCC(c3nn(C)c4nccnc34)CC2)ccc1OC. The van der Waals surface area contributed by atoms with Crippen molar-refractivity contribution in [1.29, 1.82) is 0 Å². The second-order valence-electron chi connectivity index (χ2n) is 7.32. The molecule has 0 unspecified atom stereocenters. The van der Waals surface area contributed by atoms with Crippen LogP contribution in [0.5, 0.6) is 5.75 Å². The first-order valence-electron chi connectivity index (χ1n) is 9.83. The molecule has 0 bridgehead atoms. The van der Waals surface area contributed by atoms with Crippen LogP contribution in [0.25, 0.3) is 11.2 Å². The van der Waals surface area contributed by atoms with E-state index >= 15 is 0 Å². The highest BCUT2D eigenvalue weighted by Crippen LogP contribution is 2.31. The van der Waals surface area contributed by atoms with Gasteiger partial charge in [-0.25, -0.2) is 14.6 Å². The topological polar surface area (TPSA) is 73.1 Å². The number of allylic oxidation sites excluding steroid dienone is 1. The molecular formula is C22H25N5O2. The molecule has 7 nitrogen and oxygen atoms in total. The fourth-order valence-electron chi connectivity index (χ4n) is 4.04. The van der Waals surface area contributed by atoms with E-state index in [-0.39, 0.29) is 11.8 Å². The number of amides is 1. The molecule has 1 amide bonds. The Morgan fingerprint density at radius 1 is 1.28 bits per heavy atom. The molecule has 3 aromatic rings. The van der Waals surface area contributed by atoms with Gasteiger partial charge in [0.1, 0.15) is 11.3 Å². The van der Waals surface area contributed by atoms with Gasteiger partial charge in [0.2, 0.25) is 0 Å². The zero-order chi connectivity index (χ0) is 20.4. The predicted molar refractivity (Wildman–Crippen MR) is 111 cm³/mol. The molecule has 0 aliphatic carbocycles. The lowest BCUT2D eigenvalue weighted by atomic mass is 9.92. The number of hydrogen-bond acceptors (Lipinski definition) is 5. The lowest BCUT2D eigenvalue weighted by molar-refractivity contribution is 0.0712. The van der Waals surface area contributed by atoms with Gasteiger partial charge in [0.05, 0.1) is 12.8 Å². The van der Waals surface area contributed by atoms with Crippen molar-refractivity contribution in [2.45, 2.75) is 25.2 Å². The monoisotopic (exact) mass is 391 g/mol. The number of carbonyl (C=O) groups is 1. The zero-order valence-corrected chi connectivity index (χ0v) is 16.8. The first-order chi connectivity index (χ1) is 14.1. The van der Waals surface area contributed by atoms with Gasteiger partial charge in [-0.15, -0.1) is 6.58 Å². The quantitative estimate of drug-likeness (QED) is 0.625. The summed E-state index contributed by atoms with van der Waals surface area (Å²) in [5.74, 6) is 1.12. The Morgan fingerprint density at radius 3 is 2.76 bits per heavy atom. The number of rotatable bonds is 5. The first kappa shape index (κ1) is 19.1. The van der Waals surface area contributed by atoms with Crippen LogP contribution in [0.2, 0.25) is 0 Å². The summed E-state index contributed by atoms with van der Waals surface area (Å²) < 4.78 is 7.17. The van der Waals surface area contributed by atoms with E-state index in [1.807, 2.05) is 36.2 Å². The molecule has 4 rings (SSSR count). The number of nitrogens with zero attached hydrogens (tertiary/aromatic N) is 5. The van der Waals surface area contributed by atoms with Crippen LogP contribution in [-0.4, -0.2) is 50.8 Å². The van der Waals surface area contributed by atoms with Crippen molar-refractivity contribution in [3.8, 4) is 5.75 Å². The van der Waals surface area contributed by atoms with Gasteiger partial charge in [-0.3, -0.25) is 4.79 Å². The molecule has 3 heterocycles. The lowest BCUT2D eigenvalue weighted by Crippen LogP contribution is -2.38. The Labute approximate surface area is 170 Å². The molecule has 0 atom stereocenters. The molecule has 0 saturated carbocycles. The average molecular weight is 391 g/mol. The largest absolute Gasteiger partial charge is 0.496 e. The summed E-state index contributed by atoms with van der Waals surface area (Å²) in [5.41, 5.74) is 4.32. The van der Waals surface area contributed by atoms with Crippen LogP contribution < -0.4 is 4.74 Å². The Kier molecular flexibility index (Phi) is 5.29. The van der Waals surface area contributed by atoms with E-state index < -0.39 is 0 Å². The highest BCUT2D eigenvalue weighted by atomic mass is 16.5. The third-order valence-corrected chi connectivity index (χ3v) is 5.55. The number of aryl methyl sites for hydroxylation is 1. The summed E-state index contributed by atoms with van der Waals surface area (Å²) in [6, 6.07) is 5.61. The third-order valence-electron chi connectivity index (χ3n) is 5.55. The number of methoxy groups -OCH3 is 1. The molecular weight excluding hydrogens is 366 g/mol. The fourth-order valence-corrected chi connectivity index (χ4v) is 4.04. The lowest BCUT2D eigenvalue weighted by Gasteiger charge is -2.31. The maximum Gasteiger partial charge on any atom is 0.253 e. The molecule has 150 valence electrons. The predicted octanol–water partition coefficient (Wildman–Crippen LogP) is 3.12. The molecule has 1 aromatic carbocycles. The molecule has 7 heteroatoms. The standard InChI is InChI=1S/C22H25N5O2/c1-4-5-16-14-17(6-7-18(16)29-3)22(28)27-12-8-15(9-13-27)19-20-21(26(2)25-19)24-11-10-23-20/h4,6-7,10-11,14-15H,1,5,8-9,12-13H2,2-3H3. The van der Waals surface area contributed by atoms with Crippen LogP contribution in [0.3, 0.4) is 0 Å². The molecule has 1 aliphatic heterocycles. The minimum absolute atomic E-state index is 0.0575. The molecule has 2 aromatic heterocycles. The van der Waals surface area contributed by atoms with Crippen molar-refractivity contribution in [1.82, 2.24) is 24.6 Å². The second-order valence-corrected chi connectivity index (χ2v) is 7.32. The second kappa shape index (κ2) is 8.03. The maximum atomic E-state index is 13.0. The van der Waals surface area contributed by atoms with Gasteiger partial charge in [-0.1, -0.05) is 6.08 Å². The minimum Gasteiger partial charge on any atom is -0.496 e. The smallest absolute Gasteiger partial charge is 0.253 e. The van der Waals surface area contributed by atoms with E-state index in [4.69, 9.17) is 4.74 Å². The number of fused-ring (bicyclic) bond motifs is 1. The zero-order valence-electron chi connectivity index (χ0n) is 16.8. The number of ether oxygens (including phenoxy) is 1. The summed E-state index contributed by atoms with van der Waals surface area (Å²) in [5, 5.41) is 4.66. The Hall–Kier alpha value is -3.22. The van der Waals surface area contributed by atoms with E-state index in [2.05, 4.69) is 21.6 Å². The Balaban J connectivity index is 1.49. The summed E-state index contributed by atoms with van der Waals surface area (Å²) >= 11 is 0. The van der Waals surface area contributed by atoms with Gasteiger partial charge >= 0.3 is 0 Å². The number of likely N-dealkylation sites (tertiary alicyclic amines) is 1. The van der Waals surface area contributed by atoms with E-state index in [9.17, 15) is 4.79 Å². The van der Waals surface area contributed by atoms with Crippen molar-refractivity contribution in [2.75, 3.05) is 20.2 Å². The van der Waals surface area contributed by atoms with Crippen molar-refractivity contribution < 1.29 is 9.53 Å². The summed E-state index contributed by atoms with van der Waals surface area (Å²) in [4.78, 5) is 23.8. The number of benzene rings is 1. The van der Waals surface area contributed by atoms with E-state index in [1.54, 1.807) is 24.2 Å². The van der Waals surface area contributed by atoms with Crippen molar-refractivity contribution in [2.24, 2.45) is 7.05 Å². The van der Waals surface area contributed by atoms with Crippen LogP contribution in [-0.2, 0) is 13.5 Å². The van der Waals surface area contributed by atoms with Crippen LogP contribution in [0.15, 0.2) is 43.2 Å². The van der Waals surface area contributed by atoms with Crippen LogP contribution in [0.4, 0.5) is 0 Å².